The predicted molar refractivity (Wildman–Crippen MR) is 63.9 cm³/mol. The number of amides is 1. The SMILES string of the molecule is CN1C(=O)C(C)(C)c2ccc(C(=N)N)cc21. The van der Waals surface area contributed by atoms with E-state index in [0.717, 1.165) is 11.3 Å². The second kappa shape index (κ2) is 3.07. The summed E-state index contributed by atoms with van der Waals surface area (Å²) in [5.74, 6) is 0.0940. The molecule has 0 saturated carbocycles. The van der Waals surface area contributed by atoms with Crippen LogP contribution in [0.15, 0.2) is 18.2 Å². The summed E-state index contributed by atoms with van der Waals surface area (Å²) >= 11 is 0. The average Bonchev–Trinajstić information content (AvgIpc) is 2.40. The van der Waals surface area contributed by atoms with E-state index in [1.165, 1.54) is 0 Å². The molecule has 1 aliphatic rings. The number of fused-ring (bicyclic) bond motifs is 1. The Morgan fingerprint density at radius 1 is 1.44 bits per heavy atom. The van der Waals surface area contributed by atoms with E-state index in [2.05, 4.69) is 0 Å². The van der Waals surface area contributed by atoms with Gasteiger partial charge in [0.2, 0.25) is 5.91 Å². The number of rotatable bonds is 1. The molecular formula is C12H15N3O. The fourth-order valence-corrected chi connectivity index (χ4v) is 2.15. The minimum absolute atomic E-state index is 0.0216. The fraction of sp³-hybridized carbons (Fsp3) is 0.333. The summed E-state index contributed by atoms with van der Waals surface area (Å²) in [6.45, 7) is 3.82. The Balaban J connectivity index is 2.63. The number of benzene rings is 1. The van der Waals surface area contributed by atoms with E-state index in [1.807, 2.05) is 19.9 Å². The van der Waals surface area contributed by atoms with Gasteiger partial charge in [-0.1, -0.05) is 12.1 Å². The third kappa shape index (κ3) is 1.23. The summed E-state index contributed by atoms with van der Waals surface area (Å²) in [5, 5.41) is 7.39. The van der Waals surface area contributed by atoms with Gasteiger partial charge in [-0.3, -0.25) is 10.2 Å². The quantitative estimate of drug-likeness (QED) is 0.548. The first-order chi connectivity index (χ1) is 7.35. The maximum absolute atomic E-state index is 12.0. The minimum Gasteiger partial charge on any atom is -0.384 e. The van der Waals surface area contributed by atoms with Crippen LogP contribution in [0.2, 0.25) is 0 Å². The number of carbonyl (C=O) groups excluding carboxylic acids is 1. The summed E-state index contributed by atoms with van der Waals surface area (Å²) < 4.78 is 0. The van der Waals surface area contributed by atoms with Crippen LogP contribution in [0.5, 0.6) is 0 Å². The molecule has 84 valence electrons. The molecule has 1 aliphatic heterocycles. The zero-order valence-electron chi connectivity index (χ0n) is 9.66. The number of anilines is 1. The molecule has 2 rings (SSSR count). The lowest BCUT2D eigenvalue weighted by Gasteiger charge is -2.16. The maximum Gasteiger partial charge on any atom is 0.236 e. The minimum atomic E-state index is -0.487. The Morgan fingerprint density at radius 2 is 2.06 bits per heavy atom. The van der Waals surface area contributed by atoms with Crippen molar-refractivity contribution >= 4 is 17.4 Å². The number of likely N-dealkylation sites (N-methyl/N-ethyl adjacent to an activating group) is 1. The van der Waals surface area contributed by atoms with Gasteiger partial charge in [-0.15, -0.1) is 0 Å². The zero-order chi connectivity index (χ0) is 12.1. The third-order valence-electron chi connectivity index (χ3n) is 3.18. The highest BCUT2D eigenvalue weighted by Gasteiger charge is 2.42. The van der Waals surface area contributed by atoms with Crippen molar-refractivity contribution < 1.29 is 4.79 Å². The van der Waals surface area contributed by atoms with Gasteiger partial charge in [0.05, 0.1) is 5.41 Å². The molecule has 1 heterocycles. The van der Waals surface area contributed by atoms with Crippen LogP contribution in [-0.4, -0.2) is 18.8 Å². The summed E-state index contributed by atoms with van der Waals surface area (Å²) in [7, 11) is 1.75. The standard InChI is InChI=1S/C12H15N3O/c1-12(2)8-5-4-7(10(13)14)6-9(8)15(3)11(12)16/h4-6H,1-3H3,(H3,13,14). The van der Waals surface area contributed by atoms with Gasteiger partial charge in [-0.05, 0) is 25.5 Å². The van der Waals surface area contributed by atoms with Crippen molar-refractivity contribution in [2.45, 2.75) is 19.3 Å². The van der Waals surface area contributed by atoms with Gasteiger partial charge < -0.3 is 10.6 Å². The van der Waals surface area contributed by atoms with Crippen LogP contribution >= 0.6 is 0 Å². The van der Waals surface area contributed by atoms with Crippen LogP contribution in [0.4, 0.5) is 5.69 Å². The lowest BCUT2D eigenvalue weighted by Crippen LogP contribution is -2.33. The molecule has 0 aromatic heterocycles. The number of nitrogens with zero attached hydrogens (tertiary/aromatic N) is 1. The lowest BCUT2D eigenvalue weighted by atomic mass is 9.86. The summed E-state index contributed by atoms with van der Waals surface area (Å²) in [6, 6.07) is 5.47. The Kier molecular flexibility index (Phi) is 2.05. The number of nitrogens with two attached hydrogens (primary N) is 1. The van der Waals surface area contributed by atoms with E-state index in [0.29, 0.717) is 5.56 Å². The number of hydrogen-bond acceptors (Lipinski definition) is 2. The van der Waals surface area contributed by atoms with E-state index in [9.17, 15) is 4.79 Å². The van der Waals surface area contributed by atoms with Crippen LogP contribution in [0.3, 0.4) is 0 Å². The van der Waals surface area contributed by atoms with Crippen LogP contribution in [0.1, 0.15) is 25.0 Å². The van der Waals surface area contributed by atoms with Gasteiger partial charge in [-0.2, -0.15) is 0 Å². The van der Waals surface area contributed by atoms with E-state index < -0.39 is 5.41 Å². The molecule has 4 nitrogen and oxygen atoms in total. The molecule has 1 aromatic rings. The Labute approximate surface area is 94.6 Å². The van der Waals surface area contributed by atoms with Crippen LogP contribution in [0, 0.1) is 5.41 Å². The van der Waals surface area contributed by atoms with Crippen LogP contribution < -0.4 is 10.6 Å². The number of amidine groups is 1. The monoisotopic (exact) mass is 217 g/mol. The van der Waals surface area contributed by atoms with E-state index in [-0.39, 0.29) is 11.7 Å². The normalized spacial score (nSPS) is 17.4. The molecule has 1 amide bonds. The molecule has 0 fully saturated rings. The Morgan fingerprint density at radius 3 is 2.62 bits per heavy atom. The predicted octanol–water partition coefficient (Wildman–Crippen LogP) is 1.22. The van der Waals surface area contributed by atoms with Gasteiger partial charge >= 0.3 is 0 Å². The zero-order valence-corrected chi connectivity index (χ0v) is 9.66. The van der Waals surface area contributed by atoms with Crippen molar-refractivity contribution in [1.82, 2.24) is 0 Å². The molecule has 16 heavy (non-hydrogen) atoms. The maximum atomic E-state index is 12.0. The first kappa shape index (κ1) is 10.7. The highest BCUT2D eigenvalue weighted by molar-refractivity contribution is 6.08. The highest BCUT2D eigenvalue weighted by atomic mass is 16.2. The van der Waals surface area contributed by atoms with Crippen molar-refractivity contribution in [3.8, 4) is 0 Å². The van der Waals surface area contributed by atoms with E-state index in [4.69, 9.17) is 11.1 Å². The van der Waals surface area contributed by atoms with Crippen molar-refractivity contribution in [2.24, 2.45) is 5.73 Å². The van der Waals surface area contributed by atoms with Crippen LogP contribution in [-0.2, 0) is 10.2 Å². The largest absolute Gasteiger partial charge is 0.384 e. The number of nitrogen functional groups attached to an aromatic ring is 1. The first-order valence-electron chi connectivity index (χ1n) is 5.13. The van der Waals surface area contributed by atoms with Gasteiger partial charge in [0.25, 0.3) is 0 Å². The second-order valence-corrected chi connectivity index (χ2v) is 4.63. The molecule has 0 unspecified atom stereocenters. The van der Waals surface area contributed by atoms with Gasteiger partial charge in [0.15, 0.2) is 0 Å². The molecule has 3 N–H and O–H groups in total. The summed E-state index contributed by atoms with van der Waals surface area (Å²) in [6.07, 6.45) is 0. The molecular weight excluding hydrogens is 202 g/mol. The molecule has 0 bridgehead atoms. The highest BCUT2D eigenvalue weighted by Crippen LogP contribution is 2.40. The Hall–Kier alpha value is -1.84. The van der Waals surface area contributed by atoms with Crippen molar-refractivity contribution in [1.29, 1.82) is 5.41 Å². The molecule has 0 aliphatic carbocycles. The molecule has 0 saturated heterocycles. The molecule has 0 radical (unpaired) electrons. The number of carbonyl (C=O) groups is 1. The van der Waals surface area contributed by atoms with Gasteiger partial charge in [-0.25, -0.2) is 0 Å². The first-order valence-corrected chi connectivity index (χ1v) is 5.13. The molecule has 4 heteroatoms. The summed E-state index contributed by atoms with van der Waals surface area (Å²) in [5.41, 5.74) is 7.44. The smallest absolute Gasteiger partial charge is 0.236 e. The molecule has 0 spiro atoms. The van der Waals surface area contributed by atoms with Crippen molar-refractivity contribution in [2.75, 3.05) is 11.9 Å². The van der Waals surface area contributed by atoms with Gasteiger partial charge in [0, 0.05) is 18.3 Å². The van der Waals surface area contributed by atoms with Crippen molar-refractivity contribution in [3.05, 3.63) is 29.3 Å². The van der Waals surface area contributed by atoms with Crippen LogP contribution in [0.25, 0.3) is 0 Å². The lowest BCUT2D eigenvalue weighted by molar-refractivity contribution is -0.121. The summed E-state index contributed by atoms with van der Waals surface area (Å²) in [4.78, 5) is 13.6. The van der Waals surface area contributed by atoms with Crippen molar-refractivity contribution in [3.63, 3.8) is 0 Å². The number of hydrogen-bond donors (Lipinski definition) is 2. The molecule has 0 atom stereocenters. The van der Waals surface area contributed by atoms with E-state index in [1.54, 1.807) is 24.1 Å². The van der Waals surface area contributed by atoms with E-state index >= 15 is 0 Å². The van der Waals surface area contributed by atoms with Gasteiger partial charge in [0.1, 0.15) is 5.84 Å². The fourth-order valence-electron chi connectivity index (χ4n) is 2.15. The average molecular weight is 217 g/mol. The third-order valence-corrected chi connectivity index (χ3v) is 3.18. The second-order valence-electron chi connectivity index (χ2n) is 4.63. The topological polar surface area (TPSA) is 70.2 Å². The Bertz CT molecular complexity index is 491. The molecule has 1 aromatic carbocycles. The number of nitrogens with one attached hydrogen (secondary N) is 1.